The summed E-state index contributed by atoms with van der Waals surface area (Å²) in [6.07, 6.45) is 9.13. The maximum Gasteiger partial charge on any atom is 0.197 e. The number of ether oxygens (including phenoxy) is 1. The predicted octanol–water partition coefficient (Wildman–Crippen LogP) is 3.97. The van der Waals surface area contributed by atoms with Crippen LogP contribution in [0.4, 0.5) is 0 Å². The van der Waals surface area contributed by atoms with E-state index in [1.165, 1.54) is 31.2 Å². The Morgan fingerprint density at radius 1 is 1.14 bits per heavy atom. The van der Waals surface area contributed by atoms with Gasteiger partial charge >= 0.3 is 0 Å². The van der Waals surface area contributed by atoms with Gasteiger partial charge in [0.1, 0.15) is 12.0 Å². The Bertz CT molecular complexity index is 494. The van der Waals surface area contributed by atoms with Crippen molar-refractivity contribution in [1.82, 2.24) is 10.3 Å². The number of rotatable bonds is 11. The first-order chi connectivity index (χ1) is 10.9. The molecule has 0 saturated carbocycles. The molecule has 0 unspecified atom stereocenters. The molecule has 0 fully saturated rings. The first-order valence-electron chi connectivity index (χ1n) is 8.19. The molecule has 0 spiro atoms. The smallest absolute Gasteiger partial charge is 0.197 e. The van der Waals surface area contributed by atoms with Gasteiger partial charge in [-0.05, 0) is 30.7 Å². The molecule has 2 rings (SSSR count). The van der Waals surface area contributed by atoms with Crippen LogP contribution in [0.5, 0.6) is 5.75 Å². The van der Waals surface area contributed by atoms with Crippen molar-refractivity contribution < 1.29 is 9.15 Å². The molecule has 0 aliphatic carbocycles. The summed E-state index contributed by atoms with van der Waals surface area (Å²) in [7, 11) is 0. The molecule has 22 heavy (non-hydrogen) atoms. The van der Waals surface area contributed by atoms with Gasteiger partial charge in [-0.1, -0.05) is 38.3 Å². The van der Waals surface area contributed by atoms with E-state index >= 15 is 0 Å². The van der Waals surface area contributed by atoms with Gasteiger partial charge in [-0.25, -0.2) is 4.98 Å². The van der Waals surface area contributed by atoms with Gasteiger partial charge in [0, 0.05) is 6.54 Å². The van der Waals surface area contributed by atoms with E-state index in [1.807, 2.05) is 12.1 Å². The van der Waals surface area contributed by atoms with Gasteiger partial charge in [0.25, 0.3) is 0 Å². The number of aromatic nitrogens is 1. The molecule has 1 heterocycles. The van der Waals surface area contributed by atoms with E-state index in [0.717, 1.165) is 18.8 Å². The highest BCUT2D eigenvalue weighted by molar-refractivity contribution is 5.27. The van der Waals surface area contributed by atoms with Crippen molar-refractivity contribution in [1.29, 1.82) is 0 Å². The summed E-state index contributed by atoms with van der Waals surface area (Å²) in [5.74, 6) is 1.60. The Morgan fingerprint density at radius 3 is 2.73 bits per heavy atom. The van der Waals surface area contributed by atoms with E-state index in [0.29, 0.717) is 18.9 Å². The number of oxazole rings is 1. The summed E-state index contributed by atoms with van der Waals surface area (Å²) in [5.41, 5.74) is 1.29. The minimum absolute atomic E-state index is 0.579. The van der Waals surface area contributed by atoms with Gasteiger partial charge < -0.3 is 14.5 Å². The second-order valence-electron chi connectivity index (χ2n) is 5.41. The fourth-order valence-corrected chi connectivity index (χ4v) is 2.25. The highest BCUT2D eigenvalue weighted by Crippen LogP contribution is 2.12. The van der Waals surface area contributed by atoms with Crippen LogP contribution in [0.25, 0.3) is 0 Å². The van der Waals surface area contributed by atoms with Crippen molar-refractivity contribution in [2.75, 3.05) is 13.2 Å². The summed E-state index contributed by atoms with van der Waals surface area (Å²) < 4.78 is 10.9. The van der Waals surface area contributed by atoms with Crippen LogP contribution in [-0.2, 0) is 13.0 Å². The van der Waals surface area contributed by atoms with E-state index in [2.05, 4.69) is 29.4 Å². The average molecular weight is 302 g/mol. The molecular weight excluding hydrogens is 276 g/mol. The third-order valence-corrected chi connectivity index (χ3v) is 3.53. The monoisotopic (exact) mass is 302 g/mol. The van der Waals surface area contributed by atoms with Crippen LogP contribution in [0, 0.1) is 0 Å². The quantitative estimate of drug-likeness (QED) is 0.638. The van der Waals surface area contributed by atoms with Crippen LogP contribution in [0.1, 0.15) is 44.1 Å². The lowest BCUT2D eigenvalue weighted by molar-refractivity contribution is 0.306. The SMILES string of the molecule is CCCCCCNCc1ccc(OCCc2ncco2)cc1. The molecule has 1 N–H and O–H groups in total. The lowest BCUT2D eigenvalue weighted by Gasteiger charge is -2.07. The molecule has 120 valence electrons. The zero-order chi connectivity index (χ0) is 15.5. The number of hydrogen-bond donors (Lipinski definition) is 1. The fraction of sp³-hybridized carbons (Fsp3) is 0.500. The van der Waals surface area contributed by atoms with E-state index < -0.39 is 0 Å². The summed E-state index contributed by atoms with van der Waals surface area (Å²) in [6, 6.07) is 8.26. The Kier molecular flexibility index (Phi) is 7.53. The van der Waals surface area contributed by atoms with Crippen molar-refractivity contribution in [3.05, 3.63) is 48.2 Å². The number of nitrogens with one attached hydrogen (secondary N) is 1. The summed E-state index contributed by atoms with van der Waals surface area (Å²) in [5, 5.41) is 3.48. The average Bonchev–Trinajstić information content (AvgIpc) is 3.05. The van der Waals surface area contributed by atoms with Crippen LogP contribution in [0.3, 0.4) is 0 Å². The second-order valence-corrected chi connectivity index (χ2v) is 5.41. The van der Waals surface area contributed by atoms with Crippen molar-refractivity contribution in [2.24, 2.45) is 0 Å². The lowest BCUT2D eigenvalue weighted by Crippen LogP contribution is -2.14. The van der Waals surface area contributed by atoms with E-state index in [4.69, 9.17) is 9.15 Å². The topological polar surface area (TPSA) is 47.3 Å². The van der Waals surface area contributed by atoms with Crippen molar-refractivity contribution in [3.8, 4) is 5.75 Å². The molecule has 0 amide bonds. The second kappa shape index (κ2) is 10.0. The normalized spacial score (nSPS) is 10.8. The number of benzene rings is 1. The van der Waals surface area contributed by atoms with Gasteiger partial charge in [0.15, 0.2) is 5.89 Å². The van der Waals surface area contributed by atoms with Crippen LogP contribution in [0.15, 0.2) is 41.1 Å². The molecule has 4 nitrogen and oxygen atoms in total. The summed E-state index contributed by atoms with van der Waals surface area (Å²) in [4.78, 5) is 4.07. The van der Waals surface area contributed by atoms with Crippen LogP contribution < -0.4 is 10.1 Å². The fourth-order valence-electron chi connectivity index (χ4n) is 2.25. The Balaban J connectivity index is 1.60. The molecule has 0 aliphatic heterocycles. The first-order valence-corrected chi connectivity index (χ1v) is 8.19. The summed E-state index contributed by atoms with van der Waals surface area (Å²) in [6.45, 7) is 4.83. The first kappa shape index (κ1) is 16.6. The molecule has 0 atom stereocenters. The molecule has 0 saturated heterocycles. The molecule has 0 aliphatic rings. The number of nitrogens with zero attached hydrogens (tertiary/aromatic N) is 1. The Hall–Kier alpha value is -1.81. The Morgan fingerprint density at radius 2 is 2.00 bits per heavy atom. The minimum atomic E-state index is 0.579. The van der Waals surface area contributed by atoms with Gasteiger partial charge in [0.05, 0.1) is 19.2 Å². The van der Waals surface area contributed by atoms with Gasteiger partial charge in [0.2, 0.25) is 0 Å². The predicted molar refractivity (Wildman–Crippen MR) is 88.0 cm³/mol. The van der Waals surface area contributed by atoms with E-state index in [1.54, 1.807) is 12.5 Å². The van der Waals surface area contributed by atoms with Crippen molar-refractivity contribution in [3.63, 3.8) is 0 Å². The molecule has 0 radical (unpaired) electrons. The molecule has 0 bridgehead atoms. The third kappa shape index (κ3) is 6.31. The van der Waals surface area contributed by atoms with Gasteiger partial charge in [-0.2, -0.15) is 0 Å². The maximum absolute atomic E-state index is 5.68. The van der Waals surface area contributed by atoms with E-state index in [9.17, 15) is 0 Å². The zero-order valence-electron chi connectivity index (χ0n) is 13.4. The number of unbranched alkanes of at least 4 members (excludes halogenated alkanes) is 3. The summed E-state index contributed by atoms with van der Waals surface area (Å²) >= 11 is 0. The standard InChI is InChI=1S/C18H26N2O2/c1-2-3-4-5-11-19-15-16-6-8-17(9-7-16)21-13-10-18-20-12-14-22-18/h6-9,12,14,19H,2-5,10-11,13,15H2,1H3. The maximum atomic E-state index is 5.68. The highest BCUT2D eigenvalue weighted by atomic mass is 16.5. The zero-order valence-corrected chi connectivity index (χ0v) is 13.4. The minimum Gasteiger partial charge on any atom is -0.493 e. The molecule has 1 aromatic carbocycles. The van der Waals surface area contributed by atoms with Crippen molar-refractivity contribution in [2.45, 2.75) is 45.6 Å². The van der Waals surface area contributed by atoms with Gasteiger partial charge in [-0.15, -0.1) is 0 Å². The van der Waals surface area contributed by atoms with E-state index in [-0.39, 0.29) is 0 Å². The van der Waals surface area contributed by atoms with Gasteiger partial charge in [-0.3, -0.25) is 0 Å². The largest absolute Gasteiger partial charge is 0.493 e. The third-order valence-electron chi connectivity index (χ3n) is 3.53. The lowest BCUT2D eigenvalue weighted by atomic mass is 10.2. The van der Waals surface area contributed by atoms with Crippen LogP contribution in [-0.4, -0.2) is 18.1 Å². The Labute approximate surface area is 132 Å². The molecule has 4 heteroatoms. The molecular formula is C18H26N2O2. The van der Waals surface area contributed by atoms with Crippen LogP contribution in [0.2, 0.25) is 0 Å². The van der Waals surface area contributed by atoms with Crippen molar-refractivity contribution >= 4 is 0 Å². The van der Waals surface area contributed by atoms with Crippen LogP contribution >= 0.6 is 0 Å². The molecule has 1 aromatic heterocycles. The molecule has 2 aromatic rings. The highest BCUT2D eigenvalue weighted by Gasteiger charge is 1.99. The number of hydrogen-bond acceptors (Lipinski definition) is 4.